The molecule has 0 spiro atoms. The van der Waals surface area contributed by atoms with Crippen LogP contribution in [-0.2, 0) is 6.54 Å². The van der Waals surface area contributed by atoms with Crippen LogP contribution in [-0.4, -0.2) is 67.4 Å². The third kappa shape index (κ3) is 4.74. The molecule has 36 heavy (non-hydrogen) atoms. The van der Waals surface area contributed by atoms with Gasteiger partial charge in [0.15, 0.2) is 0 Å². The number of para-hydroxylation sites is 1. The molecule has 0 atom stereocenters. The average Bonchev–Trinajstić information content (AvgIpc) is 3.13. The molecule has 4 aromatic rings. The van der Waals surface area contributed by atoms with Crippen LogP contribution in [0.15, 0.2) is 48.8 Å². The number of nitrogens with zero attached hydrogens (tertiary/aromatic N) is 4. The molecule has 0 amide bonds. The number of hydrogen-bond donors (Lipinski definition) is 3. The molecular weight excluding hydrogens is 454 g/mol. The zero-order valence-electron chi connectivity index (χ0n) is 21.3. The minimum atomic E-state index is 0.502. The summed E-state index contributed by atoms with van der Waals surface area (Å²) in [6, 6.07) is 12.1. The van der Waals surface area contributed by atoms with E-state index in [2.05, 4.69) is 56.8 Å². The van der Waals surface area contributed by atoms with Crippen molar-refractivity contribution < 1.29 is 9.47 Å². The van der Waals surface area contributed by atoms with Gasteiger partial charge in [0.25, 0.3) is 0 Å². The number of nitrogens with one attached hydrogen (secondary N) is 3. The number of aromatic nitrogens is 3. The van der Waals surface area contributed by atoms with E-state index in [1.165, 1.54) is 0 Å². The average molecular weight is 488 g/mol. The molecule has 1 aliphatic rings. The van der Waals surface area contributed by atoms with Gasteiger partial charge in [-0.25, -0.2) is 9.97 Å². The number of hydrogen-bond acceptors (Lipinski definition) is 8. The maximum atomic E-state index is 5.98. The quantitative estimate of drug-likeness (QED) is 0.315. The second kappa shape index (κ2) is 10.3. The lowest BCUT2D eigenvalue weighted by Crippen LogP contribution is -2.21. The van der Waals surface area contributed by atoms with Crippen LogP contribution < -0.4 is 25.4 Å². The normalized spacial score (nSPS) is 12.8. The van der Waals surface area contributed by atoms with E-state index in [-0.39, 0.29) is 0 Å². The van der Waals surface area contributed by atoms with Crippen LogP contribution in [0, 0.1) is 0 Å². The van der Waals surface area contributed by atoms with Gasteiger partial charge in [0.1, 0.15) is 11.5 Å². The summed E-state index contributed by atoms with van der Waals surface area (Å²) < 4.78 is 13.9. The van der Waals surface area contributed by atoms with Crippen molar-refractivity contribution in [2.45, 2.75) is 13.0 Å². The van der Waals surface area contributed by atoms with Gasteiger partial charge in [-0.15, -0.1) is 0 Å². The summed E-state index contributed by atoms with van der Waals surface area (Å²) in [6.45, 7) is 3.39. The summed E-state index contributed by atoms with van der Waals surface area (Å²) >= 11 is 0. The molecule has 3 heterocycles. The summed E-state index contributed by atoms with van der Waals surface area (Å²) in [5, 5.41) is 11.2. The Morgan fingerprint density at radius 1 is 1.14 bits per heavy atom. The highest BCUT2D eigenvalue weighted by atomic mass is 16.5. The Balaban J connectivity index is 1.48. The summed E-state index contributed by atoms with van der Waals surface area (Å²) in [5.74, 6) is 2.13. The molecule has 2 aromatic heterocycles. The first-order chi connectivity index (χ1) is 17.6. The largest absolute Gasteiger partial charge is 0.494 e. The molecular formula is C27H33N7O2. The molecule has 2 aromatic carbocycles. The molecule has 0 fully saturated rings. The van der Waals surface area contributed by atoms with Crippen LogP contribution in [0.25, 0.3) is 22.2 Å². The van der Waals surface area contributed by atoms with Gasteiger partial charge < -0.3 is 34.9 Å². The van der Waals surface area contributed by atoms with E-state index in [1.807, 2.05) is 37.4 Å². The fourth-order valence-corrected chi connectivity index (χ4v) is 4.54. The highest BCUT2D eigenvalue weighted by Gasteiger charge is 2.18. The zero-order valence-corrected chi connectivity index (χ0v) is 21.3. The number of anilines is 4. The summed E-state index contributed by atoms with van der Waals surface area (Å²) in [4.78, 5) is 11.5. The van der Waals surface area contributed by atoms with Crippen LogP contribution in [0.1, 0.15) is 6.42 Å². The summed E-state index contributed by atoms with van der Waals surface area (Å²) in [7, 11) is 7.68. The van der Waals surface area contributed by atoms with Gasteiger partial charge in [-0.2, -0.15) is 0 Å². The summed E-state index contributed by atoms with van der Waals surface area (Å²) in [5.41, 5.74) is 5.75. The van der Waals surface area contributed by atoms with Crippen molar-refractivity contribution >= 4 is 33.9 Å². The first-order valence-corrected chi connectivity index (χ1v) is 12.2. The molecule has 0 radical (unpaired) electrons. The topological polar surface area (TPSA) is 88.5 Å². The van der Waals surface area contributed by atoms with Crippen molar-refractivity contribution in [1.82, 2.24) is 19.4 Å². The van der Waals surface area contributed by atoms with Crippen molar-refractivity contribution in [2.24, 2.45) is 0 Å². The van der Waals surface area contributed by atoms with Gasteiger partial charge >= 0.3 is 0 Å². The Hall–Kier alpha value is -3.98. The molecule has 9 heteroatoms. The van der Waals surface area contributed by atoms with Crippen LogP contribution >= 0.6 is 0 Å². The predicted molar refractivity (Wildman–Crippen MR) is 146 cm³/mol. The maximum absolute atomic E-state index is 5.98. The van der Waals surface area contributed by atoms with E-state index in [4.69, 9.17) is 14.5 Å². The lowest BCUT2D eigenvalue weighted by Gasteiger charge is -2.18. The molecule has 188 valence electrons. The predicted octanol–water partition coefficient (Wildman–Crippen LogP) is 4.65. The van der Waals surface area contributed by atoms with Crippen molar-refractivity contribution in [3.63, 3.8) is 0 Å². The molecule has 0 aliphatic carbocycles. The fraction of sp³-hybridized carbons (Fsp3) is 0.333. The van der Waals surface area contributed by atoms with E-state index in [1.54, 1.807) is 13.3 Å². The van der Waals surface area contributed by atoms with Crippen LogP contribution in [0.4, 0.5) is 23.0 Å². The van der Waals surface area contributed by atoms with Crippen LogP contribution in [0.2, 0.25) is 0 Å². The monoisotopic (exact) mass is 487 g/mol. The maximum Gasteiger partial charge on any atom is 0.227 e. The number of likely N-dealkylation sites (N-methyl/N-ethyl adjacent to an activating group) is 1. The van der Waals surface area contributed by atoms with Gasteiger partial charge in [-0.05, 0) is 38.7 Å². The highest BCUT2D eigenvalue weighted by Crippen LogP contribution is 2.38. The van der Waals surface area contributed by atoms with Crippen molar-refractivity contribution in [3.8, 4) is 22.8 Å². The lowest BCUT2D eigenvalue weighted by molar-refractivity contribution is 0.316. The molecule has 1 aliphatic heterocycles. The van der Waals surface area contributed by atoms with E-state index in [9.17, 15) is 0 Å². The van der Waals surface area contributed by atoms with Gasteiger partial charge in [0, 0.05) is 56.1 Å². The lowest BCUT2D eigenvalue weighted by atomic mass is 10.1. The Morgan fingerprint density at radius 3 is 2.83 bits per heavy atom. The molecule has 0 unspecified atom stereocenters. The molecule has 0 saturated heterocycles. The van der Waals surface area contributed by atoms with Gasteiger partial charge in [-0.1, -0.05) is 12.1 Å². The van der Waals surface area contributed by atoms with Crippen molar-refractivity contribution in [2.75, 3.05) is 63.9 Å². The van der Waals surface area contributed by atoms with Gasteiger partial charge in [0.2, 0.25) is 5.95 Å². The fourth-order valence-electron chi connectivity index (χ4n) is 4.54. The van der Waals surface area contributed by atoms with Crippen molar-refractivity contribution in [3.05, 3.63) is 48.8 Å². The molecule has 9 nitrogen and oxygen atoms in total. The Kier molecular flexibility index (Phi) is 6.81. The Labute approximate surface area is 211 Å². The Bertz CT molecular complexity index is 1370. The van der Waals surface area contributed by atoms with E-state index in [0.29, 0.717) is 11.7 Å². The van der Waals surface area contributed by atoms with Crippen molar-refractivity contribution in [1.29, 1.82) is 0 Å². The third-order valence-corrected chi connectivity index (χ3v) is 6.32. The van der Waals surface area contributed by atoms with Gasteiger partial charge in [0.05, 0.1) is 42.0 Å². The Morgan fingerprint density at radius 2 is 2.03 bits per heavy atom. The first kappa shape index (κ1) is 23.7. The van der Waals surface area contributed by atoms with Gasteiger partial charge in [-0.3, -0.25) is 0 Å². The van der Waals surface area contributed by atoms with E-state index < -0.39 is 0 Å². The van der Waals surface area contributed by atoms with E-state index in [0.717, 1.165) is 77.6 Å². The first-order valence-electron chi connectivity index (χ1n) is 12.2. The summed E-state index contributed by atoms with van der Waals surface area (Å²) in [6.07, 6.45) is 4.93. The number of aryl methyl sites for hydroxylation is 1. The standard InChI is InChI=1S/C27H33N7O2/c1-28-21-16-25(35-4)23(15-22(21)29-11-13-33(2)3)32-27-30-10-9-20(31-27)19-17-34-12-6-14-36-24-8-5-7-18(19)26(24)34/h5,7-10,15-17,28-29H,6,11-14H2,1-4H3,(H,30,31,32). The second-order valence-electron chi connectivity index (χ2n) is 9.06. The number of ether oxygens (including phenoxy) is 2. The van der Waals surface area contributed by atoms with E-state index >= 15 is 0 Å². The smallest absolute Gasteiger partial charge is 0.227 e. The second-order valence-corrected chi connectivity index (χ2v) is 9.06. The van der Waals surface area contributed by atoms with Crippen LogP contribution in [0.3, 0.4) is 0 Å². The van der Waals surface area contributed by atoms with Crippen LogP contribution in [0.5, 0.6) is 11.5 Å². The SMILES string of the molecule is CNc1cc(OC)c(Nc2nccc(-c3cn4c5c(cccc35)OCCC4)n2)cc1NCCN(C)C. The molecule has 0 saturated carbocycles. The third-order valence-electron chi connectivity index (χ3n) is 6.32. The zero-order chi connectivity index (χ0) is 25.1. The molecule has 3 N–H and O–H groups in total. The number of benzene rings is 2. The molecule has 5 rings (SSSR count). The minimum Gasteiger partial charge on any atom is -0.494 e. The minimum absolute atomic E-state index is 0.502. The number of methoxy groups -OCH3 is 1. The molecule has 0 bridgehead atoms. The number of rotatable bonds is 9. The highest BCUT2D eigenvalue weighted by molar-refractivity contribution is 5.98.